The molecule has 0 fully saturated rings. The topological polar surface area (TPSA) is 78.6 Å². The van der Waals surface area contributed by atoms with E-state index in [4.69, 9.17) is 10.5 Å². The molecular weight excluding hydrogens is 242 g/mol. The van der Waals surface area contributed by atoms with E-state index in [1.807, 2.05) is 0 Å². The van der Waals surface area contributed by atoms with Gasteiger partial charge < -0.3 is 15.2 Å². The van der Waals surface area contributed by atoms with Gasteiger partial charge in [-0.3, -0.25) is 0 Å². The van der Waals surface area contributed by atoms with Gasteiger partial charge in [0.05, 0.1) is 0 Å². The number of thiophene rings is 1. The van der Waals surface area contributed by atoms with Crippen LogP contribution in [0.3, 0.4) is 0 Å². The first-order valence-corrected chi connectivity index (χ1v) is 5.96. The lowest BCUT2D eigenvalue weighted by molar-refractivity contribution is -0.143. The Bertz CT molecular complexity index is 394. The van der Waals surface area contributed by atoms with Gasteiger partial charge in [0.25, 0.3) is 0 Å². The summed E-state index contributed by atoms with van der Waals surface area (Å²) in [7, 11) is 0. The summed E-state index contributed by atoms with van der Waals surface area (Å²) >= 11 is 1.41. The van der Waals surface area contributed by atoms with E-state index in [1.165, 1.54) is 11.3 Å². The van der Waals surface area contributed by atoms with Gasteiger partial charge in [-0.1, -0.05) is 0 Å². The Labute approximate surface area is 104 Å². The van der Waals surface area contributed by atoms with Gasteiger partial charge in [-0.25, -0.2) is 9.59 Å². The van der Waals surface area contributed by atoms with Crippen molar-refractivity contribution in [2.24, 2.45) is 5.73 Å². The quantitative estimate of drug-likeness (QED) is 0.649. The van der Waals surface area contributed by atoms with Crippen LogP contribution in [0, 0.1) is 0 Å². The van der Waals surface area contributed by atoms with Crippen molar-refractivity contribution in [1.82, 2.24) is 0 Å². The van der Waals surface area contributed by atoms with E-state index in [0.29, 0.717) is 5.56 Å². The van der Waals surface area contributed by atoms with Crippen molar-refractivity contribution >= 4 is 23.5 Å². The fourth-order valence-electron chi connectivity index (χ4n) is 1.00. The zero-order valence-electron chi connectivity index (χ0n) is 9.93. The summed E-state index contributed by atoms with van der Waals surface area (Å²) < 4.78 is 9.33. The number of ether oxygens (including phenoxy) is 2. The molecule has 0 aliphatic rings. The number of nitrogens with two attached hydrogens (primary N) is 1. The van der Waals surface area contributed by atoms with Crippen molar-refractivity contribution in [2.75, 3.05) is 0 Å². The maximum absolute atomic E-state index is 11.5. The third-order valence-corrected chi connectivity index (χ3v) is 2.43. The lowest BCUT2D eigenvalue weighted by Crippen LogP contribution is -2.30. The van der Waals surface area contributed by atoms with Crippen LogP contribution in [0.5, 0.6) is 0 Å². The molecular formula is C11H15NO4S. The minimum atomic E-state index is -1.03. The zero-order chi connectivity index (χ0) is 13.1. The normalized spacial score (nSPS) is 12.9. The van der Waals surface area contributed by atoms with Crippen molar-refractivity contribution in [3.63, 3.8) is 0 Å². The smallest absolute Gasteiger partial charge is 0.428 e. The van der Waals surface area contributed by atoms with Crippen LogP contribution in [0.2, 0.25) is 0 Å². The minimum absolute atomic E-state index is 0.614. The molecule has 0 aromatic carbocycles. The highest BCUT2D eigenvalue weighted by Gasteiger charge is 2.24. The second-order valence-electron chi connectivity index (χ2n) is 4.42. The number of esters is 1. The molecule has 0 unspecified atom stereocenters. The molecule has 1 aromatic rings. The Morgan fingerprint density at radius 1 is 1.41 bits per heavy atom. The van der Waals surface area contributed by atoms with Crippen LogP contribution >= 0.6 is 11.3 Å². The first kappa shape index (κ1) is 13.7. The average molecular weight is 257 g/mol. The molecule has 0 radical (unpaired) electrons. The van der Waals surface area contributed by atoms with Crippen molar-refractivity contribution in [3.05, 3.63) is 22.4 Å². The summed E-state index contributed by atoms with van der Waals surface area (Å²) in [5, 5.41) is 3.51. The van der Waals surface area contributed by atoms with E-state index < -0.39 is 23.8 Å². The SMILES string of the molecule is CC(C)(C)OC(=O)OC(=O)[C@H](N)c1ccsc1. The van der Waals surface area contributed by atoms with Crippen molar-refractivity contribution in [1.29, 1.82) is 0 Å². The summed E-state index contributed by atoms with van der Waals surface area (Å²) in [6.07, 6.45) is -1.03. The zero-order valence-corrected chi connectivity index (χ0v) is 10.7. The molecule has 0 aliphatic heterocycles. The second kappa shape index (κ2) is 5.29. The molecule has 2 N–H and O–H groups in total. The molecule has 1 atom stereocenters. The third kappa shape index (κ3) is 4.54. The lowest BCUT2D eigenvalue weighted by atomic mass is 10.2. The third-order valence-electron chi connectivity index (χ3n) is 1.73. The summed E-state index contributed by atoms with van der Waals surface area (Å²) in [4.78, 5) is 22.7. The monoisotopic (exact) mass is 257 g/mol. The van der Waals surface area contributed by atoms with Crippen LogP contribution in [0.15, 0.2) is 16.8 Å². The highest BCUT2D eigenvalue weighted by molar-refractivity contribution is 7.08. The van der Waals surface area contributed by atoms with Gasteiger partial charge in [-0.15, -0.1) is 0 Å². The molecule has 0 amide bonds. The molecule has 1 aromatic heterocycles. The van der Waals surface area contributed by atoms with Crippen molar-refractivity contribution in [3.8, 4) is 0 Å². The number of carbonyl (C=O) groups is 2. The van der Waals surface area contributed by atoms with Crippen LogP contribution < -0.4 is 5.73 Å². The lowest BCUT2D eigenvalue weighted by Gasteiger charge is -2.18. The molecule has 6 heteroatoms. The fraction of sp³-hybridized carbons (Fsp3) is 0.455. The highest BCUT2D eigenvalue weighted by Crippen LogP contribution is 2.16. The van der Waals surface area contributed by atoms with Crippen molar-refractivity contribution in [2.45, 2.75) is 32.4 Å². The summed E-state index contributed by atoms with van der Waals surface area (Å²) in [6.45, 7) is 5.03. The maximum Gasteiger partial charge on any atom is 0.516 e. The van der Waals surface area contributed by atoms with Crippen LogP contribution in [0.1, 0.15) is 32.4 Å². The van der Waals surface area contributed by atoms with Crippen LogP contribution in [0.4, 0.5) is 4.79 Å². The molecule has 0 saturated heterocycles. The Hall–Kier alpha value is -1.40. The van der Waals surface area contributed by atoms with Crippen molar-refractivity contribution < 1.29 is 19.1 Å². The van der Waals surface area contributed by atoms with Gasteiger partial charge in [0.2, 0.25) is 0 Å². The Morgan fingerprint density at radius 3 is 2.53 bits per heavy atom. The van der Waals surface area contributed by atoms with Gasteiger partial charge in [-0.2, -0.15) is 11.3 Å². The molecule has 17 heavy (non-hydrogen) atoms. The largest absolute Gasteiger partial charge is 0.516 e. The molecule has 94 valence electrons. The number of rotatable bonds is 2. The summed E-state index contributed by atoms with van der Waals surface area (Å²) in [6, 6.07) is 0.736. The van der Waals surface area contributed by atoms with E-state index in [0.717, 1.165) is 0 Å². The van der Waals surface area contributed by atoms with Crippen LogP contribution in [0.25, 0.3) is 0 Å². The summed E-state index contributed by atoms with van der Waals surface area (Å²) in [5.41, 5.74) is 5.53. The maximum atomic E-state index is 11.5. The van der Waals surface area contributed by atoms with Gasteiger partial charge in [0, 0.05) is 0 Å². The van der Waals surface area contributed by atoms with Crippen LogP contribution in [-0.4, -0.2) is 17.7 Å². The van der Waals surface area contributed by atoms with Gasteiger partial charge in [0.15, 0.2) is 0 Å². The first-order valence-electron chi connectivity index (χ1n) is 5.02. The van der Waals surface area contributed by atoms with E-state index in [-0.39, 0.29) is 0 Å². The summed E-state index contributed by atoms with van der Waals surface area (Å²) in [5.74, 6) is -0.822. The average Bonchev–Trinajstić information content (AvgIpc) is 2.65. The fourth-order valence-corrected chi connectivity index (χ4v) is 1.70. The van der Waals surface area contributed by atoms with E-state index in [1.54, 1.807) is 37.6 Å². The van der Waals surface area contributed by atoms with Gasteiger partial charge in [-0.05, 0) is 43.2 Å². The molecule has 0 saturated carbocycles. The molecule has 0 bridgehead atoms. The Morgan fingerprint density at radius 2 is 2.06 bits per heavy atom. The molecule has 1 heterocycles. The van der Waals surface area contributed by atoms with E-state index in [9.17, 15) is 9.59 Å². The molecule has 5 nitrogen and oxygen atoms in total. The number of hydrogen-bond donors (Lipinski definition) is 1. The van der Waals surface area contributed by atoms with E-state index >= 15 is 0 Å². The predicted octanol–water partition coefficient (Wildman–Crippen LogP) is 2.23. The Kier molecular flexibility index (Phi) is 4.25. The Balaban J connectivity index is 2.52. The predicted molar refractivity (Wildman–Crippen MR) is 63.6 cm³/mol. The minimum Gasteiger partial charge on any atom is -0.428 e. The number of hydrogen-bond acceptors (Lipinski definition) is 6. The van der Waals surface area contributed by atoms with Gasteiger partial charge >= 0.3 is 12.1 Å². The van der Waals surface area contributed by atoms with E-state index in [2.05, 4.69) is 4.74 Å². The first-order chi connectivity index (χ1) is 7.79. The highest BCUT2D eigenvalue weighted by atomic mass is 32.1. The van der Waals surface area contributed by atoms with Gasteiger partial charge in [0.1, 0.15) is 11.6 Å². The number of carbonyl (C=O) groups excluding carboxylic acids is 2. The molecule has 0 aliphatic carbocycles. The second-order valence-corrected chi connectivity index (χ2v) is 5.20. The van der Waals surface area contributed by atoms with Crippen LogP contribution in [-0.2, 0) is 14.3 Å². The standard InChI is InChI=1S/C11H15NO4S/c1-11(2,3)16-10(14)15-9(13)8(12)7-4-5-17-6-7/h4-6,8H,12H2,1-3H3/t8-/m1/s1. The molecule has 0 spiro atoms. The molecule has 1 rings (SSSR count).